The zero-order valence-corrected chi connectivity index (χ0v) is 17.5. The van der Waals surface area contributed by atoms with Crippen molar-refractivity contribution in [3.05, 3.63) is 119 Å². The second kappa shape index (κ2) is 8.15. The van der Waals surface area contributed by atoms with Crippen LogP contribution in [-0.2, 0) is 9.53 Å². The highest BCUT2D eigenvalue weighted by molar-refractivity contribution is 6.14. The van der Waals surface area contributed by atoms with Gasteiger partial charge in [-0.05, 0) is 24.6 Å². The summed E-state index contributed by atoms with van der Waals surface area (Å²) in [4.78, 5) is 26.3. The maximum absolute atomic E-state index is 13.4. The van der Waals surface area contributed by atoms with E-state index in [2.05, 4.69) is 0 Å². The summed E-state index contributed by atoms with van der Waals surface area (Å²) in [5.41, 5.74) is 4.35. The van der Waals surface area contributed by atoms with Crippen LogP contribution < -0.4 is 0 Å². The summed E-state index contributed by atoms with van der Waals surface area (Å²) in [5, 5.41) is 7.87. The highest BCUT2D eigenvalue weighted by Gasteiger charge is 2.44. The van der Waals surface area contributed by atoms with Gasteiger partial charge < -0.3 is 4.74 Å². The molecule has 1 atom stereocenters. The molecule has 0 aromatic heterocycles. The molecule has 6 nitrogen and oxygen atoms in total. The van der Waals surface area contributed by atoms with Crippen molar-refractivity contribution in [2.45, 2.75) is 13.0 Å². The lowest BCUT2D eigenvalue weighted by Gasteiger charge is -2.35. The molecule has 32 heavy (non-hydrogen) atoms. The van der Waals surface area contributed by atoms with Crippen LogP contribution in [0.4, 0.5) is 0 Å². The van der Waals surface area contributed by atoms with Crippen molar-refractivity contribution in [3.63, 3.8) is 0 Å². The molecule has 1 amide bonds. The Labute approximate surface area is 186 Å². The highest BCUT2D eigenvalue weighted by atomic mass is 16.5. The van der Waals surface area contributed by atoms with Crippen LogP contribution in [0.15, 0.2) is 102 Å². The first-order valence-corrected chi connectivity index (χ1v) is 10.5. The predicted molar refractivity (Wildman–Crippen MR) is 120 cm³/mol. The van der Waals surface area contributed by atoms with Gasteiger partial charge in [0, 0.05) is 22.9 Å². The third-order valence-electron chi connectivity index (χ3n) is 5.51. The molecule has 5 rings (SSSR count). The first-order valence-electron chi connectivity index (χ1n) is 10.5. The molecule has 3 aromatic carbocycles. The number of hydrogen-bond donors (Lipinski definition) is 0. The van der Waals surface area contributed by atoms with E-state index >= 15 is 0 Å². The Morgan fingerprint density at radius 2 is 1.56 bits per heavy atom. The minimum atomic E-state index is -0.551. The Morgan fingerprint density at radius 1 is 0.906 bits per heavy atom. The lowest BCUT2D eigenvalue weighted by Crippen LogP contribution is -2.41. The van der Waals surface area contributed by atoms with E-state index in [1.54, 1.807) is 42.5 Å². The first-order chi connectivity index (χ1) is 15.7. The first kappa shape index (κ1) is 19.8. The lowest BCUT2D eigenvalue weighted by atomic mass is 9.89. The van der Waals surface area contributed by atoms with Crippen LogP contribution in [0, 0.1) is 0 Å². The molecule has 0 bridgehead atoms. The molecule has 158 valence electrons. The van der Waals surface area contributed by atoms with Gasteiger partial charge in [-0.2, -0.15) is 10.2 Å². The van der Waals surface area contributed by atoms with Crippen LogP contribution in [0.5, 0.6) is 0 Å². The standard InChI is InChI=1S/C26H21N3O3/c1-2-32-26(31)22-17-28(25(30)19-13-7-4-8-14-19)29-24(22)21-16-10-9-15-20(21)23(27-29)18-11-5-3-6-12-18/h3-17,24H,2H2,1H3. The van der Waals surface area contributed by atoms with Gasteiger partial charge in [0.1, 0.15) is 11.8 Å². The lowest BCUT2D eigenvalue weighted by molar-refractivity contribution is -0.139. The van der Waals surface area contributed by atoms with E-state index in [4.69, 9.17) is 9.84 Å². The summed E-state index contributed by atoms with van der Waals surface area (Å²) >= 11 is 0. The van der Waals surface area contributed by atoms with Gasteiger partial charge in [-0.1, -0.05) is 72.8 Å². The number of carbonyl (C=O) groups excluding carboxylic acids is 2. The number of hydrogen-bond acceptors (Lipinski definition) is 5. The van der Waals surface area contributed by atoms with Gasteiger partial charge in [0.2, 0.25) is 0 Å². The Bertz CT molecular complexity index is 1240. The fraction of sp³-hybridized carbons (Fsp3) is 0.115. The van der Waals surface area contributed by atoms with E-state index in [-0.39, 0.29) is 12.5 Å². The van der Waals surface area contributed by atoms with Gasteiger partial charge in [-0.3, -0.25) is 4.79 Å². The van der Waals surface area contributed by atoms with Crippen LogP contribution in [-0.4, -0.2) is 34.3 Å². The summed E-state index contributed by atoms with van der Waals surface area (Å²) in [6.45, 7) is 2.01. The second-order valence-electron chi connectivity index (χ2n) is 7.45. The number of carbonyl (C=O) groups is 2. The van der Waals surface area contributed by atoms with Gasteiger partial charge in [0.25, 0.3) is 5.91 Å². The van der Waals surface area contributed by atoms with Crippen molar-refractivity contribution in [2.24, 2.45) is 5.10 Å². The number of hydrazone groups is 1. The highest BCUT2D eigenvalue weighted by Crippen LogP contribution is 2.42. The molecule has 6 heteroatoms. The number of hydrazine groups is 1. The number of amides is 1. The van der Waals surface area contributed by atoms with E-state index < -0.39 is 12.0 Å². The average Bonchev–Trinajstić information content (AvgIpc) is 3.24. The molecular weight excluding hydrogens is 402 g/mol. The molecule has 0 N–H and O–H groups in total. The number of benzene rings is 3. The van der Waals surface area contributed by atoms with Crippen molar-refractivity contribution >= 4 is 17.6 Å². The van der Waals surface area contributed by atoms with Crippen molar-refractivity contribution in [1.82, 2.24) is 10.1 Å². The number of fused-ring (bicyclic) bond motifs is 3. The van der Waals surface area contributed by atoms with Gasteiger partial charge in [-0.15, -0.1) is 0 Å². The molecular formula is C26H21N3O3. The van der Waals surface area contributed by atoms with Crippen LogP contribution >= 0.6 is 0 Å². The summed E-state index contributed by atoms with van der Waals surface area (Å²) in [6.07, 6.45) is 1.55. The summed E-state index contributed by atoms with van der Waals surface area (Å²) in [6, 6.07) is 26.0. The maximum atomic E-state index is 13.4. The fourth-order valence-electron chi connectivity index (χ4n) is 4.07. The predicted octanol–water partition coefficient (Wildman–Crippen LogP) is 4.31. The minimum Gasteiger partial charge on any atom is -0.463 e. The van der Waals surface area contributed by atoms with Gasteiger partial charge in [0.05, 0.1) is 12.2 Å². The van der Waals surface area contributed by atoms with E-state index in [0.29, 0.717) is 11.1 Å². The third kappa shape index (κ3) is 3.26. The smallest absolute Gasteiger partial charge is 0.338 e. The Hall–Kier alpha value is -4.19. The van der Waals surface area contributed by atoms with Crippen LogP contribution in [0.1, 0.15) is 40.0 Å². The monoisotopic (exact) mass is 423 g/mol. The number of ether oxygens (including phenoxy) is 1. The van der Waals surface area contributed by atoms with Gasteiger partial charge >= 0.3 is 5.97 Å². The van der Waals surface area contributed by atoms with Crippen molar-refractivity contribution in [2.75, 3.05) is 6.61 Å². The number of esters is 1. The number of nitrogens with zero attached hydrogens (tertiary/aromatic N) is 3. The molecule has 0 saturated carbocycles. The normalized spacial score (nSPS) is 16.6. The molecule has 3 aromatic rings. The Morgan fingerprint density at radius 3 is 2.28 bits per heavy atom. The van der Waals surface area contributed by atoms with Crippen molar-refractivity contribution in [1.29, 1.82) is 0 Å². The SMILES string of the molecule is CCOC(=O)C1=CN(C(=O)c2ccccc2)N2N=C(c3ccccc3)c3ccccc3C12. The summed E-state index contributed by atoms with van der Waals surface area (Å²) in [7, 11) is 0. The van der Waals surface area contributed by atoms with Crippen LogP contribution in [0.2, 0.25) is 0 Å². The molecule has 0 radical (unpaired) electrons. The molecule has 0 aliphatic carbocycles. The topological polar surface area (TPSA) is 62.2 Å². The Balaban J connectivity index is 1.67. The largest absolute Gasteiger partial charge is 0.463 e. The van der Waals surface area contributed by atoms with Crippen molar-refractivity contribution in [3.8, 4) is 0 Å². The van der Waals surface area contributed by atoms with E-state index in [9.17, 15) is 9.59 Å². The summed E-state index contributed by atoms with van der Waals surface area (Å²) in [5.74, 6) is -0.732. The van der Waals surface area contributed by atoms with Gasteiger partial charge in [0.15, 0.2) is 0 Å². The fourth-order valence-corrected chi connectivity index (χ4v) is 4.07. The second-order valence-corrected chi connectivity index (χ2v) is 7.45. The van der Waals surface area contributed by atoms with Crippen LogP contribution in [0.3, 0.4) is 0 Å². The molecule has 0 fully saturated rings. The zero-order chi connectivity index (χ0) is 22.1. The van der Waals surface area contributed by atoms with Crippen molar-refractivity contribution < 1.29 is 14.3 Å². The molecule has 2 aliphatic rings. The molecule has 2 aliphatic heterocycles. The summed E-state index contributed by atoms with van der Waals surface area (Å²) < 4.78 is 5.31. The van der Waals surface area contributed by atoms with E-state index in [1.165, 1.54) is 5.01 Å². The minimum absolute atomic E-state index is 0.246. The quantitative estimate of drug-likeness (QED) is 0.587. The molecule has 2 heterocycles. The van der Waals surface area contributed by atoms with E-state index in [1.807, 2.05) is 60.7 Å². The molecule has 1 unspecified atom stereocenters. The molecule has 0 spiro atoms. The zero-order valence-electron chi connectivity index (χ0n) is 17.5. The van der Waals surface area contributed by atoms with Crippen LogP contribution in [0.25, 0.3) is 0 Å². The maximum Gasteiger partial charge on any atom is 0.338 e. The van der Waals surface area contributed by atoms with E-state index in [0.717, 1.165) is 22.4 Å². The number of rotatable bonds is 4. The Kier molecular flexibility index (Phi) is 5.03. The third-order valence-corrected chi connectivity index (χ3v) is 5.51. The average molecular weight is 423 g/mol. The van der Waals surface area contributed by atoms with Gasteiger partial charge in [-0.25, -0.2) is 9.80 Å². The molecule has 0 saturated heterocycles.